The van der Waals surface area contributed by atoms with Gasteiger partial charge in [0.2, 0.25) is 5.91 Å². The molecule has 0 saturated carbocycles. The highest BCUT2D eigenvalue weighted by Crippen LogP contribution is 2.20. The Morgan fingerprint density at radius 2 is 1.74 bits per heavy atom. The van der Waals surface area contributed by atoms with Gasteiger partial charge in [0.15, 0.2) is 0 Å². The number of amides is 1. The zero-order valence-corrected chi connectivity index (χ0v) is 13.4. The Hall–Kier alpha value is -2.13. The summed E-state index contributed by atoms with van der Waals surface area (Å²) in [7, 11) is 0. The fourth-order valence-corrected chi connectivity index (χ4v) is 3.13. The van der Waals surface area contributed by atoms with Crippen molar-refractivity contribution in [3.63, 3.8) is 0 Å². The molecule has 2 aromatic rings. The highest BCUT2D eigenvalue weighted by atomic mass is 16.2. The first-order valence-electron chi connectivity index (χ1n) is 8.45. The molecule has 3 heteroatoms. The number of anilines is 1. The van der Waals surface area contributed by atoms with Crippen LogP contribution < -0.4 is 10.2 Å². The Morgan fingerprint density at radius 3 is 2.39 bits per heavy atom. The van der Waals surface area contributed by atoms with Crippen molar-refractivity contribution in [1.82, 2.24) is 5.32 Å². The van der Waals surface area contributed by atoms with Crippen LogP contribution in [0.15, 0.2) is 60.7 Å². The minimum absolute atomic E-state index is 0.203. The highest BCUT2D eigenvalue weighted by molar-refractivity contribution is 5.93. The Bertz CT molecular complexity index is 606. The van der Waals surface area contributed by atoms with Crippen LogP contribution in [0.5, 0.6) is 0 Å². The van der Waals surface area contributed by atoms with Crippen molar-refractivity contribution in [2.45, 2.75) is 38.3 Å². The first-order valence-corrected chi connectivity index (χ1v) is 8.45. The van der Waals surface area contributed by atoms with Crippen LogP contribution in [0.25, 0.3) is 0 Å². The summed E-state index contributed by atoms with van der Waals surface area (Å²) < 4.78 is 0. The summed E-state index contributed by atoms with van der Waals surface area (Å²) in [6, 6.07) is 20.7. The van der Waals surface area contributed by atoms with Gasteiger partial charge in [-0.15, -0.1) is 0 Å². The van der Waals surface area contributed by atoms with Gasteiger partial charge >= 0.3 is 0 Å². The largest absolute Gasteiger partial charge is 0.314 e. The van der Waals surface area contributed by atoms with Crippen LogP contribution in [0.2, 0.25) is 0 Å². The van der Waals surface area contributed by atoms with Gasteiger partial charge in [-0.3, -0.25) is 4.79 Å². The predicted octanol–water partition coefficient (Wildman–Crippen LogP) is 3.75. The number of benzene rings is 2. The van der Waals surface area contributed by atoms with Crippen LogP contribution in [0.1, 0.15) is 31.2 Å². The molecule has 23 heavy (non-hydrogen) atoms. The Morgan fingerprint density at radius 1 is 1.04 bits per heavy atom. The van der Waals surface area contributed by atoms with Gasteiger partial charge in [0.25, 0.3) is 0 Å². The molecular formula is C20H24N2O. The average Bonchev–Trinajstić information content (AvgIpc) is 3.13. The van der Waals surface area contributed by atoms with Crippen LogP contribution in [0.4, 0.5) is 5.69 Å². The van der Waals surface area contributed by atoms with Crippen molar-refractivity contribution in [3.05, 3.63) is 66.2 Å². The molecule has 0 spiro atoms. The van der Waals surface area contributed by atoms with Gasteiger partial charge in [-0.1, -0.05) is 48.5 Å². The molecule has 2 aromatic carbocycles. The summed E-state index contributed by atoms with van der Waals surface area (Å²) in [5.41, 5.74) is 2.13. The van der Waals surface area contributed by atoms with Crippen LogP contribution in [-0.4, -0.2) is 18.5 Å². The SMILES string of the molecule is O=C(CCC1CCCN1)N(Cc1ccccc1)c1ccccc1. The molecule has 0 bridgehead atoms. The first kappa shape index (κ1) is 15.8. The van der Waals surface area contributed by atoms with Crippen molar-refractivity contribution in [2.24, 2.45) is 0 Å². The lowest BCUT2D eigenvalue weighted by Gasteiger charge is -2.24. The van der Waals surface area contributed by atoms with Gasteiger partial charge < -0.3 is 10.2 Å². The van der Waals surface area contributed by atoms with E-state index in [1.165, 1.54) is 12.8 Å². The zero-order valence-electron chi connectivity index (χ0n) is 13.4. The lowest BCUT2D eigenvalue weighted by atomic mass is 10.1. The van der Waals surface area contributed by atoms with E-state index in [1.54, 1.807) is 0 Å². The Labute approximate surface area is 138 Å². The normalized spacial score (nSPS) is 17.1. The third kappa shape index (κ3) is 4.42. The molecule has 3 rings (SSSR count). The van der Waals surface area contributed by atoms with Gasteiger partial charge in [-0.2, -0.15) is 0 Å². The molecule has 120 valence electrons. The number of carbonyl (C=O) groups is 1. The Balaban J connectivity index is 1.70. The smallest absolute Gasteiger partial charge is 0.227 e. The number of para-hydroxylation sites is 1. The van der Waals surface area contributed by atoms with E-state index in [1.807, 2.05) is 53.4 Å². The summed E-state index contributed by atoms with van der Waals surface area (Å²) in [5.74, 6) is 0.203. The molecule has 0 aromatic heterocycles. The second kappa shape index (κ2) is 7.93. The van der Waals surface area contributed by atoms with Crippen molar-refractivity contribution < 1.29 is 4.79 Å². The maximum atomic E-state index is 12.8. The third-order valence-electron chi connectivity index (χ3n) is 4.42. The quantitative estimate of drug-likeness (QED) is 0.881. The van der Waals surface area contributed by atoms with Gasteiger partial charge in [-0.05, 0) is 43.5 Å². The van der Waals surface area contributed by atoms with E-state index in [0.717, 1.165) is 24.2 Å². The van der Waals surface area contributed by atoms with Gasteiger partial charge in [0, 0.05) is 18.2 Å². The Kier molecular flexibility index (Phi) is 5.43. The molecule has 1 amide bonds. The standard InChI is InChI=1S/C20H24N2O/c23-20(14-13-18-10-7-15-21-18)22(19-11-5-2-6-12-19)16-17-8-3-1-4-9-17/h1-6,8-9,11-12,18,21H,7,10,13-16H2. The molecule has 1 unspecified atom stereocenters. The minimum Gasteiger partial charge on any atom is -0.314 e. The van der Waals surface area contributed by atoms with E-state index < -0.39 is 0 Å². The topological polar surface area (TPSA) is 32.3 Å². The van der Waals surface area contributed by atoms with Crippen molar-refractivity contribution in [2.75, 3.05) is 11.4 Å². The van der Waals surface area contributed by atoms with E-state index in [9.17, 15) is 4.79 Å². The molecule has 1 aliphatic heterocycles. The van der Waals surface area contributed by atoms with Crippen LogP contribution in [0, 0.1) is 0 Å². The molecule has 1 fully saturated rings. The molecule has 1 aliphatic rings. The number of hydrogen-bond acceptors (Lipinski definition) is 2. The van der Waals surface area contributed by atoms with Crippen LogP contribution in [0.3, 0.4) is 0 Å². The third-order valence-corrected chi connectivity index (χ3v) is 4.42. The summed E-state index contributed by atoms with van der Waals surface area (Å²) in [6.45, 7) is 1.72. The molecule has 3 nitrogen and oxygen atoms in total. The minimum atomic E-state index is 0.203. The van der Waals surface area contributed by atoms with Crippen LogP contribution in [-0.2, 0) is 11.3 Å². The second-order valence-corrected chi connectivity index (χ2v) is 6.13. The van der Waals surface area contributed by atoms with Crippen molar-refractivity contribution in [3.8, 4) is 0 Å². The number of hydrogen-bond donors (Lipinski definition) is 1. The lowest BCUT2D eigenvalue weighted by Crippen LogP contribution is -2.32. The summed E-state index contributed by atoms with van der Waals surface area (Å²) >= 11 is 0. The van der Waals surface area contributed by atoms with E-state index in [-0.39, 0.29) is 5.91 Å². The molecule has 1 atom stereocenters. The molecular weight excluding hydrogens is 284 g/mol. The number of nitrogens with zero attached hydrogens (tertiary/aromatic N) is 1. The molecule has 0 radical (unpaired) electrons. The average molecular weight is 308 g/mol. The van der Waals surface area contributed by atoms with Crippen molar-refractivity contribution in [1.29, 1.82) is 0 Å². The molecule has 1 heterocycles. The molecule has 1 N–H and O–H groups in total. The van der Waals surface area contributed by atoms with Gasteiger partial charge in [0.1, 0.15) is 0 Å². The lowest BCUT2D eigenvalue weighted by molar-refractivity contribution is -0.118. The maximum absolute atomic E-state index is 12.8. The zero-order chi connectivity index (χ0) is 15.9. The monoisotopic (exact) mass is 308 g/mol. The molecule has 1 saturated heterocycles. The van der Waals surface area contributed by atoms with Gasteiger partial charge in [0.05, 0.1) is 6.54 Å². The number of nitrogens with one attached hydrogen (secondary N) is 1. The van der Waals surface area contributed by atoms with E-state index in [2.05, 4.69) is 17.4 Å². The number of carbonyl (C=O) groups excluding carboxylic acids is 1. The highest BCUT2D eigenvalue weighted by Gasteiger charge is 2.19. The fourth-order valence-electron chi connectivity index (χ4n) is 3.13. The van der Waals surface area contributed by atoms with E-state index in [0.29, 0.717) is 19.0 Å². The number of rotatable bonds is 6. The maximum Gasteiger partial charge on any atom is 0.227 e. The first-order chi connectivity index (χ1) is 11.3. The van der Waals surface area contributed by atoms with Gasteiger partial charge in [-0.25, -0.2) is 0 Å². The van der Waals surface area contributed by atoms with Crippen LogP contribution >= 0.6 is 0 Å². The summed E-state index contributed by atoms with van der Waals surface area (Å²) in [5, 5.41) is 3.47. The second-order valence-electron chi connectivity index (χ2n) is 6.13. The van der Waals surface area contributed by atoms with E-state index in [4.69, 9.17) is 0 Å². The van der Waals surface area contributed by atoms with E-state index >= 15 is 0 Å². The predicted molar refractivity (Wildman–Crippen MR) is 94.3 cm³/mol. The summed E-state index contributed by atoms with van der Waals surface area (Å²) in [4.78, 5) is 14.7. The molecule has 0 aliphatic carbocycles. The summed E-state index contributed by atoms with van der Waals surface area (Å²) in [6.07, 6.45) is 3.94. The fraction of sp³-hybridized carbons (Fsp3) is 0.350. The van der Waals surface area contributed by atoms with Crippen molar-refractivity contribution >= 4 is 11.6 Å².